The lowest BCUT2D eigenvalue weighted by Crippen LogP contribution is -2.25. The number of hydrogen-bond donors (Lipinski definition) is 1. The van der Waals surface area contributed by atoms with Crippen LogP contribution in [0.5, 0.6) is 0 Å². The number of anilines is 1. The monoisotopic (exact) mass is 411 g/mol. The van der Waals surface area contributed by atoms with Crippen molar-refractivity contribution in [2.24, 2.45) is 5.92 Å². The first-order valence-corrected chi connectivity index (χ1v) is 8.46. The third-order valence-electron chi connectivity index (χ3n) is 3.51. The summed E-state index contributed by atoms with van der Waals surface area (Å²) in [5.74, 6) is 0.628. The molecule has 6 heteroatoms. The van der Waals surface area contributed by atoms with Crippen LogP contribution in [0.3, 0.4) is 0 Å². The second kappa shape index (κ2) is 6.32. The number of nitrogens with zero attached hydrogens (tertiary/aromatic N) is 2. The third-order valence-corrected chi connectivity index (χ3v) is 4.80. The van der Waals surface area contributed by atoms with E-state index in [9.17, 15) is 4.79 Å². The van der Waals surface area contributed by atoms with Crippen molar-refractivity contribution in [2.45, 2.75) is 25.9 Å². The molecule has 1 aromatic heterocycles. The fraction of sp³-hybridized carbons (Fsp3) is 0.333. The van der Waals surface area contributed by atoms with Gasteiger partial charge in [-0.3, -0.25) is 4.79 Å². The molecule has 0 radical (unpaired) electrons. The van der Waals surface area contributed by atoms with E-state index in [2.05, 4.69) is 42.3 Å². The molecule has 1 heterocycles. The quantitative estimate of drug-likeness (QED) is 0.812. The van der Waals surface area contributed by atoms with Crippen molar-refractivity contribution in [3.8, 4) is 0 Å². The number of aromatic nitrogens is 2. The first-order chi connectivity index (χ1) is 10.1. The van der Waals surface area contributed by atoms with Crippen molar-refractivity contribution < 1.29 is 0 Å². The molecule has 21 heavy (non-hydrogen) atoms. The van der Waals surface area contributed by atoms with Crippen molar-refractivity contribution in [2.75, 3.05) is 5.32 Å². The van der Waals surface area contributed by atoms with E-state index in [0.29, 0.717) is 16.9 Å². The van der Waals surface area contributed by atoms with E-state index in [1.165, 1.54) is 12.8 Å². The summed E-state index contributed by atoms with van der Waals surface area (Å²) >= 11 is 6.80. The maximum absolute atomic E-state index is 12.2. The molecule has 0 atom stereocenters. The van der Waals surface area contributed by atoms with Crippen molar-refractivity contribution in [3.05, 3.63) is 55.3 Å². The van der Waals surface area contributed by atoms with Crippen LogP contribution >= 0.6 is 31.9 Å². The Kier molecular flexibility index (Phi) is 4.45. The van der Waals surface area contributed by atoms with Gasteiger partial charge in [0.25, 0.3) is 5.56 Å². The SMILES string of the molecule is O=c1c(Br)c(NCc2ccc(Br)cc2)cnn1CC1CC1. The first kappa shape index (κ1) is 14.8. The normalized spacial score (nSPS) is 14.2. The number of nitrogens with one attached hydrogen (secondary N) is 1. The van der Waals surface area contributed by atoms with Crippen LogP contribution in [0.25, 0.3) is 0 Å². The molecule has 1 N–H and O–H groups in total. The van der Waals surface area contributed by atoms with E-state index in [1.807, 2.05) is 24.3 Å². The van der Waals surface area contributed by atoms with Gasteiger partial charge in [-0.05, 0) is 52.4 Å². The molecule has 4 nitrogen and oxygen atoms in total. The number of rotatable bonds is 5. The Bertz CT molecular complexity index is 693. The van der Waals surface area contributed by atoms with Gasteiger partial charge in [0.2, 0.25) is 0 Å². The first-order valence-electron chi connectivity index (χ1n) is 6.87. The van der Waals surface area contributed by atoms with Gasteiger partial charge in [-0.25, -0.2) is 4.68 Å². The summed E-state index contributed by atoms with van der Waals surface area (Å²) in [5.41, 5.74) is 1.81. The zero-order valence-electron chi connectivity index (χ0n) is 11.4. The molecule has 110 valence electrons. The van der Waals surface area contributed by atoms with Gasteiger partial charge in [-0.1, -0.05) is 28.1 Å². The van der Waals surface area contributed by atoms with Crippen LogP contribution in [0.15, 0.2) is 44.2 Å². The standard InChI is InChI=1S/C15H15Br2N3O/c16-12-5-3-10(4-6-12)7-18-13-8-19-20(9-11-1-2-11)15(21)14(13)17/h3-6,8,11,18H,1-2,7,9H2. The smallest absolute Gasteiger partial charge is 0.283 e. The van der Waals surface area contributed by atoms with Crippen LogP contribution in [0.2, 0.25) is 0 Å². The highest BCUT2D eigenvalue weighted by atomic mass is 79.9. The van der Waals surface area contributed by atoms with E-state index in [0.717, 1.165) is 22.3 Å². The Morgan fingerprint density at radius 2 is 1.95 bits per heavy atom. The zero-order chi connectivity index (χ0) is 14.8. The number of halogens is 2. The molecule has 0 bridgehead atoms. The molecule has 0 saturated heterocycles. The lowest BCUT2D eigenvalue weighted by molar-refractivity contribution is 0.532. The van der Waals surface area contributed by atoms with E-state index in [4.69, 9.17) is 0 Å². The van der Waals surface area contributed by atoms with Gasteiger partial charge in [0.1, 0.15) is 4.47 Å². The van der Waals surface area contributed by atoms with Crippen molar-refractivity contribution >= 4 is 37.5 Å². The molecule has 2 aromatic rings. The minimum Gasteiger partial charge on any atom is -0.379 e. The largest absolute Gasteiger partial charge is 0.379 e. The summed E-state index contributed by atoms with van der Waals surface area (Å²) in [4.78, 5) is 12.2. The summed E-state index contributed by atoms with van der Waals surface area (Å²) in [7, 11) is 0. The second-order valence-corrected chi connectivity index (χ2v) is 6.99. The van der Waals surface area contributed by atoms with Crippen molar-refractivity contribution in [3.63, 3.8) is 0 Å². The van der Waals surface area contributed by atoms with E-state index in [-0.39, 0.29) is 5.56 Å². The molecular weight excluding hydrogens is 398 g/mol. The Morgan fingerprint density at radius 1 is 1.24 bits per heavy atom. The molecule has 1 aromatic carbocycles. The molecule has 0 unspecified atom stereocenters. The topological polar surface area (TPSA) is 46.9 Å². The fourth-order valence-corrected chi connectivity index (χ4v) is 2.77. The zero-order valence-corrected chi connectivity index (χ0v) is 14.5. The number of benzene rings is 1. The van der Waals surface area contributed by atoms with Gasteiger partial charge in [-0.15, -0.1) is 0 Å². The highest BCUT2D eigenvalue weighted by molar-refractivity contribution is 9.10. The van der Waals surface area contributed by atoms with Crippen LogP contribution in [0.1, 0.15) is 18.4 Å². The summed E-state index contributed by atoms with van der Waals surface area (Å²) in [6.07, 6.45) is 4.12. The maximum Gasteiger partial charge on any atom is 0.283 e. The van der Waals surface area contributed by atoms with E-state index >= 15 is 0 Å². The highest BCUT2D eigenvalue weighted by Gasteiger charge is 2.23. The summed E-state index contributed by atoms with van der Waals surface area (Å²) < 4.78 is 3.15. The molecule has 0 spiro atoms. The van der Waals surface area contributed by atoms with Crippen LogP contribution in [-0.4, -0.2) is 9.78 Å². The van der Waals surface area contributed by atoms with Gasteiger partial charge in [-0.2, -0.15) is 5.10 Å². The second-order valence-electron chi connectivity index (χ2n) is 5.28. The molecule has 0 amide bonds. The van der Waals surface area contributed by atoms with E-state index < -0.39 is 0 Å². The lowest BCUT2D eigenvalue weighted by Gasteiger charge is -2.10. The molecule has 1 aliphatic rings. The molecule has 1 fully saturated rings. The Labute approximate surface area is 139 Å². The molecule has 3 rings (SSSR count). The number of hydrogen-bond acceptors (Lipinski definition) is 3. The summed E-state index contributed by atoms with van der Waals surface area (Å²) in [6.45, 7) is 1.38. The molecule has 0 aliphatic heterocycles. The average molecular weight is 413 g/mol. The van der Waals surface area contributed by atoms with Crippen LogP contribution in [0, 0.1) is 5.92 Å². The van der Waals surface area contributed by atoms with Crippen LogP contribution in [0.4, 0.5) is 5.69 Å². The maximum atomic E-state index is 12.2. The lowest BCUT2D eigenvalue weighted by atomic mass is 10.2. The predicted octanol–water partition coefficient (Wildman–Crippen LogP) is 3.79. The minimum absolute atomic E-state index is 0.0669. The predicted molar refractivity (Wildman–Crippen MR) is 90.4 cm³/mol. The Morgan fingerprint density at radius 3 is 2.62 bits per heavy atom. The summed E-state index contributed by atoms with van der Waals surface area (Å²) in [5, 5.41) is 7.50. The summed E-state index contributed by atoms with van der Waals surface area (Å²) in [6, 6.07) is 8.06. The Balaban J connectivity index is 1.71. The van der Waals surface area contributed by atoms with Gasteiger partial charge in [0, 0.05) is 17.6 Å². The van der Waals surface area contributed by atoms with Crippen LogP contribution < -0.4 is 10.9 Å². The van der Waals surface area contributed by atoms with Gasteiger partial charge in [0.05, 0.1) is 11.9 Å². The molecular formula is C15H15Br2N3O. The molecule has 1 aliphatic carbocycles. The van der Waals surface area contributed by atoms with Gasteiger partial charge < -0.3 is 5.32 Å². The third kappa shape index (κ3) is 3.74. The fourth-order valence-electron chi connectivity index (χ4n) is 2.06. The average Bonchev–Trinajstić information content (AvgIpc) is 3.29. The van der Waals surface area contributed by atoms with Gasteiger partial charge in [0.15, 0.2) is 0 Å². The van der Waals surface area contributed by atoms with Crippen molar-refractivity contribution in [1.29, 1.82) is 0 Å². The highest BCUT2D eigenvalue weighted by Crippen LogP contribution is 2.30. The Hall–Kier alpha value is -1.14. The van der Waals surface area contributed by atoms with Gasteiger partial charge >= 0.3 is 0 Å². The minimum atomic E-state index is -0.0669. The van der Waals surface area contributed by atoms with Crippen molar-refractivity contribution in [1.82, 2.24) is 9.78 Å². The van der Waals surface area contributed by atoms with E-state index in [1.54, 1.807) is 10.9 Å². The van der Waals surface area contributed by atoms with Crippen LogP contribution in [-0.2, 0) is 13.1 Å². The molecule has 1 saturated carbocycles.